The zero-order chi connectivity index (χ0) is 12.1. The Bertz CT molecular complexity index is 209. The highest BCUT2D eigenvalue weighted by Gasteiger charge is 1.93. The highest BCUT2D eigenvalue weighted by Crippen LogP contribution is 1.98. The van der Waals surface area contributed by atoms with E-state index in [4.69, 9.17) is 10.2 Å². The van der Waals surface area contributed by atoms with Crippen LogP contribution in [-0.2, 0) is 9.59 Å². The minimum absolute atomic E-state index is 0.0556. The van der Waals surface area contributed by atoms with Gasteiger partial charge in [-0.25, -0.2) is 0 Å². The van der Waals surface area contributed by atoms with Crippen LogP contribution in [0.1, 0.15) is 32.1 Å². The molecule has 0 atom stereocenters. The van der Waals surface area contributed by atoms with Gasteiger partial charge in [0.25, 0.3) is 0 Å². The Morgan fingerprint density at radius 3 is 1.87 bits per heavy atom. The zero-order valence-corrected chi connectivity index (χ0v) is 8.82. The minimum Gasteiger partial charge on any atom is -0.481 e. The first-order valence-corrected chi connectivity index (χ1v) is 4.70. The summed E-state index contributed by atoms with van der Waals surface area (Å²) < 4.78 is 0. The third-order valence-electron chi connectivity index (χ3n) is 1.37. The van der Waals surface area contributed by atoms with E-state index in [0.29, 0.717) is 0 Å². The molecule has 0 aliphatic rings. The van der Waals surface area contributed by atoms with Crippen LogP contribution in [0.3, 0.4) is 0 Å². The summed E-state index contributed by atoms with van der Waals surface area (Å²) in [5.74, 6) is -1.54. The van der Waals surface area contributed by atoms with Crippen LogP contribution in [0.2, 0.25) is 0 Å². The van der Waals surface area contributed by atoms with Gasteiger partial charge >= 0.3 is 11.9 Å². The first-order chi connectivity index (χ1) is 7.04. The van der Waals surface area contributed by atoms with Crippen LogP contribution in [0.5, 0.6) is 0 Å². The molecule has 86 valence electrons. The summed E-state index contributed by atoms with van der Waals surface area (Å²) in [5, 5.41) is 16.0. The third-order valence-corrected chi connectivity index (χ3v) is 1.37. The summed E-state index contributed by atoms with van der Waals surface area (Å²) in [6, 6.07) is 0. The molecule has 0 radical (unpaired) electrons. The van der Waals surface area contributed by atoms with E-state index in [1.165, 1.54) is 6.08 Å². The maximum atomic E-state index is 9.94. The SMILES string of the molecule is C=CCC(=O)O.C=CCCCCC(=O)O. The number of unbranched alkanes of at least 4 members (excludes halogenated alkanes) is 2. The quantitative estimate of drug-likeness (QED) is 0.504. The fourth-order valence-electron chi connectivity index (χ4n) is 0.688. The summed E-state index contributed by atoms with van der Waals surface area (Å²) in [5.41, 5.74) is 0. The molecule has 0 spiro atoms. The first-order valence-electron chi connectivity index (χ1n) is 4.70. The van der Waals surface area contributed by atoms with Crippen molar-refractivity contribution in [2.24, 2.45) is 0 Å². The number of aliphatic carboxylic acids is 2. The highest BCUT2D eigenvalue weighted by atomic mass is 16.4. The molecule has 4 heteroatoms. The molecule has 0 aliphatic heterocycles. The average molecular weight is 214 g/mol. The second-order valence-corrected chi connectivity index (χ2v) is 2.81. The Hall–Kier alpha value is -1.58. The van der Waals surface area contributed by atoms with Gasteiger partial charge in [-0.05, 0) is 19.3 Å². The average Bonchev–Trinajstić information content (AvgIpc) is 2.13. The molecule has 0 bridgehead atoms. The minimum atomic E-state index is -0.829. The van der Waals surface area contributed by atoms with Crippen molar-refractivity contribution >= 4 is 11.9 Å². The van der Waals surface area contributed by atoms with Crippen LogP contribution in [0.4, 0.5) is 0 Å². The molecule has 0 aromatic rings. The molecule has 0 aliphatic carbocycles. The van der Waals surface area contributed by atoms with Crippen LogP contribution in [-0.4, -0.2) is 22.2 Å². The molecule has 4 nitrogen and oxygen atoms in total. The molecule has 0 saturated carbocycles. The maximum Gasteiger partial charge on any atom is 0.307 e. The fraction of sp³-hybridized carbons (Fsp3) is 0.455. The van der Waals surface area contributed by atoms with Crippen LogP contribution >= 0.6 is 0 Å². The monoisotopic (exact) mass is 214 g/mol. The molecule has 0 rings (SSSR count). The van der Waals surface area contributed by atoms with Crippen molar-refractivity contribution in [3.8, 4) is 0 Å². The molecule has 15 heavy (non-hydrogen) atoms. The lowest BCUT2D eigenvalue weighted by atomic mass is 10.2. The standard InChI is InChI=1S/C7H12O2.C4H6O2/c1-2-3-4-5-6-7(8)9;1-2-3-4(5)6/h2H,1,3-6H2,(H,8,9);2H,1,3H2,(H,5,6). The Morgan fingerprint density at radius 2 is 1.60 bits per heavy atom. The van der Waals surface area contributed by atoms with E-state index in [2.05, 4.69) is 13.2 Å². The molecule has 0 aromatic carbocycles. The molecule has 0 fully saturated rings. The number of carbonyl (C=O) groups is 2. The van der Waals surface area contributed by atoms with Gasteiger partial charge in [0.05, 0.1) is 6.42 Å². The third kappa shape index (κ3) is 24.5. The van der Waals surface area contributed by atoms with Crippen LogP contribution in [0, 0.1) is 0 Å². The number of carboxylic acids is 2. The second kappa shape index (κ2) is 12.4. The van der Waals surface area contributed by atoms with Crippen molar-refractivity contribution in [2.45, 2.75) is 32.1 Å². The molecule has 0 saturated heterocycles. The molecule has 0 aromatic heterocycles. The summed E-state index contributed by atoms with van der Waals surface area (Å²) in [4.78, 5) is 19.5. The summed E-state index contributed by atoms with van der Waals surface area (Å²) in [6.07, 6.45) is 6.13. The number of hydrogen-bond acceptors (Lipinski definition) is 2. The van der Waals surface area contributed by atoms with Crippen molar-refractivity contribution in [3.05, 3.63) is 25.3 Å². The molecular weight excluding hydrogens is 196 g/mol. The van der Waals surface area contributed by atoms with Gasteiger partial charge in [0.1, 0.15) is 0 Å². The van der Waals surface area contributed by atoms with E-state index >= 15 is 0 Å². The van der Waals surface area contributed by atoms with Gasteiger partial charge < -0.3 is 10.2 Å². The number of allylic oxidation sites excluding steroid dienone is 1. The van der Waals surface area contributed by atoms with Crippen molar-refractivity contribution in [1.29, 1.82) is 0 Å². The van der Waals surface area contributed by atoms with Crippen LogP contribution in [0.25, 0.3) is 0 Å². The van der Waals surface area contributed by atoms with E-state index in [1.807, 2.05) is 6.08 Å². The lowest BCUT2D eigenvalue weighted by Crippen LogP contribution is -1.92. The maximum absolute atomic E-state index is 9.94. The Kier molecular flexibility index (Phi) is 13.1. The molecular formula is C11H18O4. The Morgan fingerprint density at radius 1 is 1.00 bits per heavy atom. The lowest BCUT2D eigenvalue weighted by molar-refractivity contribution is -0.137. The van der Waals surface area contributed by atoms with E-state index in [0.717, 1.165) is 19.3 Å². The van der Waals surface area contributed by atoms with Crippen LogP contribution < -0.4 is 0 Å². The highest BCUT2D eigenvalue weighted by molar-refractivity contribution is 5.68. The van der Waals surface area contributed by atoms with Gasteiger partial charge in [0, 0.05) is 6.42 Å². The van der Waals surface area contributed by atoms with E-state index in [-0.39, 0.29) is 12.8 Å². The predicted molar refractivity (Wildman–Crippen MR) is 58.8 cm³/mol. The normalized spacial score (nSPS) is 8.27. The van der Waals surface area contributed by atoms with Gasteiger partial charge in [0.2, 0.25) is 0 Å². The Balaban J connectivity index is 0. The number of hydrogen-bond donors (Lipinski definition) is 2. The van der Waals surface area contributed by atoms with E-state index in [9.17, 15) is 9.59 Å². The van der Waals surface area contributed by atoms with Gasteiger partial charge in [0.15, 0.2) is 0 Å². The van der Waals surface area contributed by atoms with Gasteiger partial charge in [-0.3, -0.25) is 9.59 Å². The van der Waals surface area contributed by atoms with Gasteiger partial charge in [-0.1, -0.05) is 12.2 Å². The summed E-state index contributed by atoms with van der Waals surface area (Å²) in [6.45, 7) is 6.75. The zero-order valence-electron chi connectivity index (χ0n) is 8.82. The number of carboxylic acid groups (broad SMARTS) is 2. The lowest BCUT2D eigenvalue weighted by Gasteiger charge is -1.90. The predicted octanol–water partition coefficient (Wildman–Crippen LogP) is 2.46. The van der Waals surface area contributed by atoms with Crippen molar-refractivity contribution in [3.63, 3.8) is 0 Å². The molecule has 0 amide bonds. The van der Waals surface area contributed by atoms with Gasteiger partial charge in [-0.2, -0.15) is 0 Å². The summed E-state index contributed by atoms with van der Waals surface area (Å²) >= 11 is 0. The topological polar surface area (TPSA) is 74.6 Å². The van der Waals surface area contributed by atoms with Gasteiger partial charge in [-0.15, -0.1) is 13.2 Å². The first kappa shape index (κ1) is 15.9. The molecule has 2 N–H and O–H groups in total. The number of rotatable bonds is 7. The van der Waals surface area contributed by atoms with E-state index < -0.39 is 11.9 Å². The van der Waals surface area contributed by atoms with Crippen LogP contribution in [0.15, 0.2) is 25.3 Å². The Labute approximate surface area is 89.9 Å². The second-order valence-electron chi connectivity index (χ2n) is 2.81. The van der Waals surface area contributed by atoms with Crippen molar-refractivity contribution in [1.82, 2.24) is 0 Å². The van der Waals surface area contributed by atoms with Crippen molar-refractivity contribution < 1.29 is 19.8 Å². The molecule has 0 unspecified atom stereocenters. The molecule has 0 heterocycles. The fourth-order valence-corrected chi connectivity index (χ4v) is 0.688. The largest absolute Gasteiger partial charge is 0.481 e. The summed E-state index contributed by atoms with van der Waals surface area (Å²) in [7, 11) is 0. The van der Waals surface area contributed by atoms with Crippen molar-refractivity contribution in [2.75, 3.05) is 0 Å². The van der Waals surface area contributed by atoms with E-state index in [1.54, 1.807) is 0 Å². The smallest absolute Gasteiger partial charge is 0.307 e.